The van der Waals surface area contributed by atoms with Crippen molar-refractivity contribution < 1.29 is 36.4 Å². The molecule has 6 nitrogen and oxygen atoms in total. The highest BCUT2D eigenvalue weighted by Crippen LogP contribution is 2.35. The van der Waals surface area contributed by atoms with Crippen molar-refractivity contribution in [2.75, 3.05) is 0 Å². The lowest BCUT2D eigenvalue weighted by molar-refractivity contribution is -0.138. The SMILES string of the molecule is ClCc1ccnc2sc(Cl)nc12.FC(F)(F)c1cccc(-c2nc3c(CCl)ccnc3s2)c1.OB(O)c1cccc(C(F)(F)F)c1. The number of halogens is 9. The highest BCUT2D eigenvalue weighted by molar-refractivity contribution is 7.21. The summed E-state index contributed by atoms with van der Waals surface area (Å²) in [6, 6.07) is 12.6. The van der Waals surface area contributed by atoms with Crippen LogP contribution in [0.15, 0.2) is 73.1 Å². The third-order valence-electron chi connectivity index (χ3n) is 5.97. The molecule has 0 saturated heterocycles. The molecule has 0 aliphatic rings. The first-order chi connectivity index (χ1) is 21.7. The van der Waals surface area contributed by atoms with Gasteiger partial charge in [-0.3, -0.25) is 0 Å². The molecule has 0 amide bonds. The Balaban J connectivity index is 0.000000166. The molecular weight excluding hydrogens is 720 g/mol. The minimum atomic E-state index is -4.45. The predicted octanol–water partition coefficient (Wildman–Crippen LogP) is 8.58. The Labute approximate surface area is 280 Å². The Hall–Kier alpha value is -3.05. The molecule has 6 rings (SSSR count). The topological polar surface area (TPSA) is 92.0 Å². The summed E-state index contributed by atoms with van der Waals surface area (Å²) in [6.07, 6.45) is -5.49. The zero-order valence-electron chi connectivity index (χ0n) is 22.8. The number of fused-ring (bicyclic) bond motifs is 2. The van der Waals surface area contributed by atoms with Crippen LogP contribution in [0.1, 0.15) is 22.3 Å². The largest absolute Gasteiger partial charge is 0.488 e. The summed E-state index contributed by atoms with van der Waals surface area (Å²) in [5.41, 5.74) is 1.93. The molecule has 0 spiro atoms. The van der Waals surface area contributed by atoms with Gasteiger partial charge < -0.3 is 10.0 Å². The fraction of sp³-hybridized carbons (Fsp3) is 0.143. The van der Waals surface area contributed by atoms with Crippen molar-refractivity contribution in [1.82, 2.24) is 19.9 Å². The second kappa shape index (κ2) is 15.2. The first-order valence-electron chi connectivity index (χ1n) is 12.7. The van der Waals surface area contributed by atoms with Crippen LogP contribution in [-0.2, 0) is 24.1 Å². The summed E-state index contributed by atoms with van der Waals surface area (Å²) in [7, 11) is -1.87. The van der Waals surface area contributed by atoms with Crippen LogP contribution in [0.4, 0.5) is 26.3 Å². The maximum atomic E-state index is 12.8. The molecule has 4 heterocycles. The predicted molar refractivity (Wildman–Crippen MR) is 171 cm³/mol. The molecule has 0 bridgehead atoms. The zero-order chi connectivity index (χ0) is 33.6. The van der Waals surface area contributed by atoms with Crippen LogP contribution in [-0.4, -0.2) is 37.1 Å². The number of thiazole rings is 2. The summed E-state index contributed by atoms with van der Waals surface area (Å²) in [5, 5.41) is 17.7. The standard InChI is InChI=1S/C14H8ClF3N2S.C7H6BF3O2.C7H4Cl2N2S/c15-7-9-4-5-19-13-11(9)20-12(21-13)8-2-1-3-10(6-8)14(16,17)18;9-7(10,11)5-2-1-3-6(4-5)8(12)13;8-3-4-1-2-10-6-5(4)11-7(9)12-6/h1-6H,7H2;1-4,12-13H;1-2H,3H2. The normalized spacial score (nSPS) is 11.5. The minimum Gasteiger partial charge on any atom is -0.423 e. The molecule has 0 saturated carbocycles. The molecule has 0 aliphatic heterocycles. The van der Waals surface area contributed by atoms with Crippen LogP contribution in [0, 0.1) is 0 Å². The number of pyridine rings is 2. The summed E-state index contributed by atoms with van der Waals surface area (Å²) >= 11 is 19.9. The summed E-state index contributed by atoms with van der Waals surface area (Å²) in [5.74, 6) is 0.726. The number of alkyl halides is 8. The summed E-state index contributed by atoms with van der Waals surface area (Å²) < 4.78 is 75.0. The van der Waals surface area contributed by atoms with Gasteiger partial charge in [-0.15, -0.1) is 23.2 Å². The third kappa shape index (κ3) is 9.06. The number of rotatable bonds is 4. The van der Waals surface area contributed by atoms with E-state index in [1.165, 1.54) is 34.8 Å². The van der Waals surface area contributed by atoms with Gasteiger partial charge in [-0.05, 0) is 40.9 Å². The average Bonchev–Trinajstić information content (AvgIpc) is 3.64. The smallest absolute Gasteiger partial charge is 0.423 e. The van der Waals surface area contributed by atoms with Gasteiger partial charge in [0.1, 0.15) is 25.7 Å². The van der Waals surface area contributed by atoms with Crippen molar-refractivity contribution in [3.63, 3.8) is 0 Å². The van der Waals surface area contributed by atoms with Gasteiger partial charge in [-0.2, -0.15) is 26.3 Å². The number of hydrogen-bond donors (Lipinski definition) is 2. The van der Waals surface area contributed by atoms with E-state index >= 15 is 0 Å². The van der Waals surface area contributed by atoms with E-state index < -0.39 is 30.6 Å². The molecule has 46 heavy (non-hydrogen) atoms. The lowest BCUT2D eigenvalue weighted by atomic mass is 9.79. The van der Waals surface area contributed by atoms with E-state index in [2.05, 4.69) is 19.9 Å². The Kier molecular flexibility index (Phi) is 11.9. The molecule has 4 aromatic heterocycles. The van der Waals surface area contributed by atoms with E-state index in [0.717, 1.165) is 45.7 Å². The summed E-state index contributed by atoms with van der Waals surface area (Å²) in [4.78, 5) is 18.3. The van der Waals surface area contributed by atoms with Crippen molar-refractivity contribution in [1.29, 1.82) is 0 Å². The molecule has 0 fully saturated rings. The van der Waals surface area contributed by atoms with Crippen LogP contribution in [0.3, 0.4) is 0 Å². The molecule has 0 radical (unpaired) electrons. The van der Waals surface area contributed by atoms with Gasteiger partial charge in [0.15, 0.2) is 4.47 Å². The highest BCUT2D eigenvalue weighted by atomic mass is 35.5. The van der Waals surface area contributed by atoms with E-state index in [4.69, 9.17) is 44.9 Å². The second-order valence-electron chi connectivity index (χ2n) is 9.08. The van der Waals surface area contributed by atoms with Gasteiger partial charge in [0.2, 0.25) is 0 Å². The van der Waals surface area contributed by atoms with Gasteiger partial charge in [-0.25, -0.2) is 19.9 Å². The van der Waals surface area contributed by atoms with E-state index in [1.54, 1.807) is 24.5 Å². The van der Waals surface area contributed by atoms with Gasteiger partial charge in [-0.1, -0.05) is 70.7 Å². The fourth-order valence-electron chi connectivity index (χ4n) is 3.78. The van der Waals surface area contributed by atoms with E-state index in [9.17, 15) is 26.3 Å². The van der Waals surface area contributed by atoms with Crippen LogP contribution in [0.2, 0.25) is 4.47 Å². The van der Waals surface area contributed by atoms with Gasteiger partial charge in [0.25, 0.3) is 0 Å². The number of hydrogen-bond acceptors (Lipinski definition) is 8. The third-order valence-corrected chi connectivity index (χ3v) is 8.63. The maximum absolute atomic E-state index is 12.8. The summed E-state index contributed by atoms with van der Waals surface area (Å²) in [6.45, 7) is 0. The van der Waals surface area contributed by atoms with Crippen molar-refractivity contribution >= 4 is 90.8 Å². The monoisotopic (exact) mass is 736 g/mol. The number of benzene rings is 2. The maximum Gasteiger partial charge on any atom is 0.488 e. The molecule has 0 atom stereocenters. The van der Waals surface area contributed by atoms with E-state index in [-0.39, 0.29) is 11.3 Å². The van der Waals surface area contributed by atoms with Crippen molar-refractivity contribution in [2.45, 2.75) is 24.1 Å². The van der Waals surface area contributed by atoms with Crippen LogP contribution >= 0.6 is 57.5 Å². The molecule has 2 N–H and O–H groups in total. The lowest BCUT2D eigenvalue weighted by Gasteiger charge is -2.07. The Bertz CT molecular complexity index is 1940. The van der Waals surface area contributed by atoms with E-state index in [1.807, 2.05) is 6.07 Å². The molecule has 2 aromatic carbocycles. The molecular formula is C28H18BCl3F6N4O2S2. The van der Waals surface area contributed by atoms with Crippen molar-refractivity contribution in [3.05, 3.63) is 99.8 Å². The molecule has 0 unspecified atom stereocenters. The Morgan fingerprint density at radius 2 is 1.22 bits per heavy atom. The highest BCUT2D eigenvalue weighted by Gasteiger charge is 2.31. The lowest BCUT2D eigenvalue weighted by Crippen LogP contribution is -2.30. The van der Waals surface area contributed by atoms with E-state index in [0.29, 0.717) is 37.3 Å². The minimum absolute atomic E-state index is 0.171. The Morgan fingerprint density at radius 3 is 1.76 bits per heavy atom. The van der Waals surface area contributed by atoms with Gasteiger partial charge >= 0.3 is 19.5 Å². The van der Waals surface area contributed by atoms with Gasteiger partial charge in [0, 0.05) is 29.7 Å². The zero-order valence-corrected chi connectivity index (χ0v) is 26.7. The molecule has 240 valence electrons. The quantitative estimate of drug-likeness (QED) is 0.107. The van der Waals surface area contributed by atoms with Crippen LogP contribution < -0.4 is 5.46 Å². The average molecular weight is 738 g/mol. The Morgan fingerprint density at radius 1 is 0.696 bits per heavy atom. The second-order valence-corrected chi connectivity index (χ2v) is 12.1. The first kappa shape index (κ1) is 35.8. The van der Waals surface area contributed by atoms with Gasteiger partial charge in [0.05, 0.1) is 11.1 Å². The fourth-order valence-corrected chi connectivity index (χ4v) is 6.15. The molecule has 6 aromatic rings. The first-order valence-corrected chi connectivity index (χ1v) is 15.8. The van der Waals surface area contributed by atoms with Crippen LogP contribution in [0.25, 0.3) is 31.3 Å². The van der Waals surface area contributed by atoms with Crippen molar-refractivity contribution in [2.24, 2.45) is 0 Å². The molecule has 0 aliphatic carbocycles. The van der Waals surface area contributed by atoms with Crippen molar-refractivity contribution in [3.8, 4) is 10.6 Å². The number of nitrogens with zero attached hydrogens (tertiary/aromatic N) is 4. The molecule has 18 heteroatoms. The number of aromatic nitrogens is 4. The van der Waals surface area contributed by atoms with Crippen LogP contribution in [0.5, 0.6) is 0 Å².